The van der Waals surface area contributed by atoms with E-state index in [2.05, 4.69) is 0 Å². The van der Waals surface area contributed by atoms with Crippen molar-refractivity contribution in [3.05, 3.63) is 11.3 Å². The quantitative estimate of drug-likeness (QED) is 0.503. The van der Waals surface area contributed by atoms with E-state index in [0.717, 1.165) is 17.8 Å². The maximum absolute atomic E-state index is 11.4. The largest absolute Gasteiger partial charge is 0.489 e. The van der Waals surface area contributed by atoms with Gasteiger partial charge >= 0.3 is 5.97 Å². The van der Waals surface area contributed by atoms with Gasteiger partial charge in [-0.3, -0.25) is 4.79 Å². The smallest absolute Gasteiger partial charge is 0.316 e. The van der Waals surface area contributed by atoms with Crippen molar-refractivity contribution in [1.29, 1.82) is 0 Å². The molecule has 0 unspecified atom stereocenters. The molecule has 3 atom stereocenters. The van der Waals surface area contributed by atoms with E-state index >= 15 is 0 Å². The summed E-state index contributed by atoms with van der Waals surface area (Å²) in [5, 5.41) is 0. The van der Waals surface area contributed by atoms with E-state index in [-0.39, 0.29) is 23.6 Å². The molecule has 0 aromatic carbocycles. The maximum Gasteiger partial charge on any atom is 0.316 e. The van der Waals surface area contributed by atoms with Crippen LogP contribution in [0.5, 0.6) is 0 Å². The number of ether oxygens (including phenoxy) is 2. The summed E-state index contributed by atoms with van der Waals surface area (Å²) in [5.41, 5.74) is 0.739. The molecule has 3 heteroatoms. The first-order valence-electron chi connectivity index (χ1n) is 4.20. The predicted molar refractivity (Wildman–Crippen MR) is 40.2 cm³/mol. The SMILES string of the molecule is CC1=C2C[C@@]3(C)C(=O)O[C@H]1[C@H]3O2. The molecular formula is C9H10O3. The Morgan fingerprint density at radius 3 is 2.83 bits per heavy atom. The summed E-state index contributed by atoms with van der Waals surface area (Å²) < 4.78 is 10.8. The number of rotatable bonds is 0. The lowest BCUT2D eigenvalue weighted by atomic mass is 9.78. The Morgan fingerprint density at radius 2 is 2.25 bits per heavy atom. The number of carbonyl (C=O) groups excluding carboxylic acids is 1. The third kappa shape index (κ3) is 0.446. The van der Waals surface area contributed by atoms with Crippen molar-refractivity contribution in [2.75, 3.05) is 0 Å². The van der Waals surface area contributed by atoms with Crippen LogP contribution < -0.4 is 0 Å². The van der Waals surface area contributed by atoms with Crippen LogP contribution in [0.25, 0.3) is 0 Å². The van der Waals surface area contributed by atoms with Gasteiger partial charge in [-0.1, -0.05) is 0 Å². The number of allylic oxidation sites excluding steroid dienone is 1. The minimum atomic E-state index is -0.375. The van der Waals surface area contributed by atoms with E-state index in [9.17, 15) is 4.79 Å². The number of esters is 1. The van der Waals surface area contributed by atoms with Gasteiger partial charge in [0, 0.05) is 12.0 Å². The molecule has 64 valence electrons. The van der Waals surface area contributed by atoms with Crippen molar-refractivity contribution in [3.63, 3.8) is 0 Å². The number of hydrogen-bond donors (Lipinski definition) is 0. The molecule has 0 saturated carbocycles. The molecule has 0 aromatic heterocycles. The third-order valence-corrected chi connectivity index (χ3v) is 3.27. The molecule has 12 heavy (non-hydrogen) atoms. The van der Waals surface area contributed by atoms with Crippen LogP contribution in [0.3, 0.4) is 0 Å². The second-order valence-corrected chi connectivity index (χ2v) is 4.06. The Bertz CT molecular complexity index is 318. The van der Waals surface area contributed by atoms with Gasteiger partial charge in [0.2, 0.25) is 0 Å². The molecule has 3 rings (SSSR count). The number of fused-ring (bicyclic) bond motifs is 1. The molecule has 0 aromatic rings. The van der Waals surface area contributed by atoms with Crippen LogP contribution in [0.1, 0.15) is 20.3 Å². The third-order valence-electron chi connectivity index (χ3n) is 3.27. The molecular weight excluding hydrogens is 156 g/mol. The highest BCUT2D eigenvalue weighted by molar-refractivity contribution is 5.82. The zero-order valence-corrected chi connectivity index (χ0v) is 7.09. The summed E-state index contributed by atoms with van der Waals surface area (Å²) >= 11 is 0. The lowest BCUT2D eigenvalue weighted by molar-refractivity contribution is -0.146. The monoisotopic (exact) mass is 166 g/mol. The zero-order valence-electron chi connectivity index (χ0n) is 7.09. The molecule has 0 spiro atoms. The van der Waals surface area contributed by atoms with E-state index < -0.39 is 0 Å². The van der Waals surface area contributed by atoms with Crippen LogP contribution in [0, 0.1) is 5.41 Å². The first-order valence-corrected chi connectivity index (χ1v) is 4.20. The first kappa shape index (κ1) is 6.52. The molecule has 3 nitrogen and oxygen atoms in total. The van der Waals surface area contributed by atoms with Crippen molar-refractivity contribution < 1.29 is 14.3 Å². The molecule has 3 heterocycles. The fourth-order valence-electron chi connectivity index (χ4n) is 2.36. The Morgan fingerprint density at radius 1 is 1.50 bits per heavy atom. The van der Waals surface area contributed by atoms with Crippen molar-refractivity contribution in [1.82, 2.24) is 0 Å². The minimum Gasteiger partial charge on any atom is -0.489 e. The summed E-state index contributed by atoms with van der Waals surface area (Å²) in [4.78, 5) is 11.4. The Balaban J connectivity index is 2.19. The zero-order chi connectivity index (χ0) is 8.51. The van der Waals surface area contributed by atoms with Gasteiger partial charge < -0.3 is 9.47 Å². The lowest BCUT2D eigenvalue weighted by Crippen LogP contribution is -2.32. The fraction of sp³-hybridized carbons (Fsp3) is 0.667. The van der Waals surface area contributed by atoms with Crippen LogP contribution >= 0.6 is 0 Å². The van der Waals surface area contributed by atoms with E-state index in [4.69, 9.17) is 9.47 Å². The summed E-state index contributed by atoms with van der Waals surface area (Å²) in [6.07, 6.45) is 0.630. The van der Waals surface area contributed by atoms with E-state index in [1.807, 2.05) is 13.8 Å². The van der Waals surface area contributed by atoms with Gasteiger partial charge in [0.15, 0.2) is 12.2 Å². The standard InChI is InChI=1S/C9H10O3/c1-4-5-3-9(2)7(11-5)6(4)12-8(9)10/h6-7H,3H2,1-2H3/t6-,7-,9-/m1/s1. The van der Waals surface area contributed by atoms with Gasteiger partial charge in [-0.2, -0.15) is 0 Å². The highest BCUT2D eigenvalue weighted by Gasteiger charge is 2.65. The van der Waals surface area contributed by atoms with Crippen LogP contribution in [0.2, 0.25) is 0 Å². The predicted octanol–water partition coefficient (Wildman–Crippen LogP) is 0.995. The van der Waals surface area contributed by atoms with E-state index in [0.29, 0.717) is 0 Å². The first-order chi connectivity index (χ1) is 5.63. The van der Waals surface area contributed by atoms with Gasteiger partial charge in [0.1, 0.15) is 11.2 Å². The van der Waals surface area contributed by atoms with Crippen molar-refractivity contribution in [2.24, 2.45) is 5.41 Å². The molecule has 0 amide bonds. The number of hydrogen-bond acceptors (Lipinski definition) is 3. The van der Waals surface area contributed by atoms with Crippen molar-refractivity contribution in [2.45, 2.75) is 32.5 Å². The average molecular weight is 166 g/mol. The summed E-state index contributed by atoms with van der Waals surface area (Å²) in [6.45, 7) is 3.91. The molecule has 3 aliphatic heterocycles. The minimum absolute atomic E-state index is 0.0278. The Hall–Kier alpha value is -0.990. The summed E-state index contributed by atoms with van der Waals surface area (Å²) in [5.74, 6) is 0.891. The molecule has 3 aliphatic rings. The van der Waals surface area contributed by atoms with E-state index in [1.165, 1.54) is 0 Å². The van der Waals surface area contributed by atoms with Gasteiger partial charge in [0.05, 0.1) is 0 Å². The molecule has 0 radical (unpaired) electrons. The van der Waals surface area contributed by atoms with Crippen LogP contribution in [0.15, 0.2) is 11.3 Å². The summed E-state index contributed by atoms with van der Waals surface area (Å²) in [6, 6.07) is 0. The molecule has 2 bridgehead atoms. The highest BCUT2D eigenvalue weighted by Crippen LogP contribution is 2.55. The van der Waals surface area contributed by atoms with Crippen molar-refractivity contribution >= 4 is 5.97 Å². The molecule has 0 aliphatic carbocycles. The lowest BCUT2D eigenvalue weighted by Gasteiger charge is -2.17. The Kier molecular flexibility index (Phi) is 0.834. The van der Waals surface area contributed by atoms with E-state index in [1.54, 1.807) is 0 Å². The topological polar surface area (TPSA) is 35.5 Å². The number of carbonyl (C=O) groups is 1. The van der Waals surface area contributed by atoms with Gasteiger partial charge in [-0.25, -0.2) is 0 Å². The maximum atomic E-state index is 11.4. The second kappa shape index (κ2) is 1.53. The van der Waals surface area contributed by atoms with Gasteiger partial charge in [-0.15, -0.1) is 0 Å². The Labute approximate surface area is 70.3 Å². The van der Waals surface area contributed by atoms with Crippen LogP contribution in [0.4, 0.5) is 0 Å². The van der Waals surface area contributed by atoms with Crippen molar-refractivity contribution in [3.8, 4) is 0 Å². The molecule has 2 fully saturated rings. The highest BCUT2D eigenvalue weighted by atomic mass is 16.6. The normalized spacial score (nSPS) is 48.3. The molecule has 2 saturated heterocycles. The van der Waals surface area contributed by atoms with Gasteiger partial charge in [0.25, 0.3) is 0 Å². The van der Waals surface area contributed by atoms with Crippen LogP contribution in [-0.2, 0) is 14.3 Å². The second-order valence-electron chi connectivity index (χ2n) is 4.06. The van der Waals surface area contributed by atoms with Gasteiger partial charge in [-0.05, 0) is 13.8 Å². The summed E-state index contributed by atoms with van der Waals surface area (Å²) in [7, 11) is 0. The van der Waals surface area contributed by atoms with Crippen LogP contribution in [-0.4, -0.2) is 18.2 Å². The fourth-order valence-corrected chi connectivity index (χ4v) is 2.36. The molecule has 0 N–H and O–H groups in total. The average Bonchev–Trinajstić information content (AvgIpc) is 2.53.